The van der Waals surface area contributed by atoms with Gasteiger partial charge in [-0.1, -0.05) is 13.8 Å². The second-order valence-electron chi connectivity index (χ2n) is 7.48. The van der Waals surface area contributed by atoms with Gasteiger partial charge in [-0.2, -0.15) is 0 Å². The molecule has 0 N–H and O–H groups in total. The first kappa shape index (κ1) is 15.2. The van der Waals surface area contributed by atoms with Crippen LogP contribution in [0, 0.1) is 0 Å². The molecule has 2 fully saturated rings. The van der Waals surface area contributed by atoms with E-state index >= 15 is 0 Å². The Morgan fingerprint density at radius 2 is 2.09 bits per heavy atom. The maximum absolute atomic E-state index is 12.8. The minimum atomic E-state index is 0.0908. The second kappa shape index (κ2) is 5.93. The van der Waals surface area contributed by atoms with Crippen molar-refractivity contribution in [3.05, 3.63) is 17.7 Å². The summed E-state index contributed by atoms with van der Waals surface area (Å²) in [5.74, 6) is 2.03. The van der Waals surface area contributed by atoms with Gasteiger partial charge in [-0.3, -0.25) is 9.69 Å². The summed E-state index contributed by atoms with van der Waals surface area (Å²) in [6, 6.07) is 0.629. The standard InChI is InChI=1S/C18H28N4O/c1-3-13(2)15-11-21-10-9-20(12-17(21)19-15)16-7-8-22(18(16)23)14-5-4-6-14/h11,13-14,16H,3-10,12H2,1-2H3. The third-order valence-corrected chi connectivity index (χ3v) is 6.14. The van der Waals surface area contributed by atoms with E-state index in [0.717, 1.165) is 44.8 Å². The van der Waals surface area contributed by atoms with Crippen molar-refractivity contribution in [2.45, 2.75) is 77.0 Å². The number of fused-ring (bicyclic) bond motifs is 1. The van der Waals surface area contributed by atoms with E-state index in [2.05, 4.69) is 34.4 Å². The lowest BCUT2D eigenvalue weighted by atomic mass is 9.92. The van der Waals surface area contributed by atoms with Crippen LogP contribution in [0.1, 0.15) is 63.4 Å². The smallest absolute Gasteiger partial charge is 0.240 e. The number of hydrogen-bond donors (Lipinski definition) is 0. The van der Waals surface area contributed by atoms with E-state index in [0.29, 0.717) is 17.9 Å². The van der Waals surface area contributed by atoms with Crippen molar-refractivity contribution in [1.29, 1.82) is 0 Å². The number of amides is 1. The van der Waals surface area contributed by atoms with Gasteiger partial charge >= 0.3 is 0 Å². The summed E-state index contributed by atoms with van der Waals surface area (Å²) in [5, 5.41) is 0. The van der Waals surface area contributed by atoms with E-state index in [-0.39, 0.29) is 6.04 Å². The van der Waals surface area contributed by atoms with E-state index in [4.69, 9.17) is 4.98 Å². The molecule has 126 valence electrons. The molecule has 1 aromatic heterocycles. The molecule has 1 saturated carbocycles. The Morgan fingerprint density at radius 3 is 2.78 bits per heavy atom. The normalized spacial score (nSPS) is 27.1. The average Bonchev–Trinajstić information content (AvgIpc) is 3.09. The first-order valence-corrected chi connectivity index (χ1v) is 9.28. The highest BCUT2D eigenvalue weighted by molar-refractivity contribution is 5.84. The fourth-order valence-electron chi connectivity index (χ4n) is 4.09. The Morgan fingerprint density at radius 1 is 1.26 bits per heavy atom. The van der Waals surface area contributed by atoms with E-state index in [9.17, 15) is 4.79 Å². The van der Waals surface area contributed by atoms with Gasteiger partial charge in [-0.05, 0) is 38.0 Å². The molecule has 4 rings (SSSR count). The zero-order valence-corrected chi connectivity index (χ0v) is 14.4. The SMILES string of the molecule is CCC(C)c1cn2c(n1)CN(C1CCN(C3CCC3)C1=O)CC2. The second-order valence-corrected chi connectivity index (χ2v) is 7.48. The Balaban J connectivity index is 1.45. The van der Waals surface area contributed by atoms with Gasteiger partial charge in [0.2, 0.25) is 5.91 Å². The van der Waals surface area contributed by atoms with Crippen molar-refractivity contribution in [2.75, 3.05) is 13.1 Å². The lowest BCUT2D eigenvalue weighted by Crippen LogP contribution is -2.48. The minimum Gasteiger partial charge on any atom is -0.338 e. The molecule has 0 bridgehead atoms. The number of aromatic nitrogens is 2. The molecule has 5 nitrogen and oxygen atoms in total. The van der Waals surface area contributed by atoms with Gasteiger partial charge in [0.25, 0.3) is 0 Å². The predicted molar refractivity (Wildman–Crippen MR) is 89.1 cm³/mol. The molecule has 3 aliphatic rings. The molecule has 5 heteroatoms. The number of nitrogens with zero attached hydrogens (tertiary/aromatic N) is 4. The first-order valence-electron chi connectivity index (χ1n) is 9.28. The number of imidazole rings is 1. The highest BCUT2D eigenvalue weighted by Gasteiger charge is 2.41. The number of carbonyl (C=O) groups excluding carboxylic acids is 1. The van der Waals surface area contributed by atoms with Crippen molar-refractivity contribution in [3.8, 4) is 0 Å². The molecule has 3 heterocycles. The molecule has 2 atom stereocenters. The summed E-state index contributed by atoms with van der Waals surface area (Å²) in [4.78, 5) is 22.1. The number of carbonyl (C=O) groups is 1. The molecule has 1 amide bonds. The summed E-state index contributed by atoms with van der Waals surface area (Å²) in [6.07, 6.45) is 8.05. The molecule has 1 aliphatic carbocycles. The van der Waals surface area contributed by atoms with Crippen molar-refractivity contribution >= 4 is 5.91 Å². The van der Waals surface area contributed by atoms with Crippen molar-refractivity contribution in [2.24, 2.45) is 0 Å². The maximum atomic E-state index is 12.8. The molecule has 2 unspecified atom stereocenters. The van der Waals surface area contributed by atoms with Gasteiger partial charge in [-0.15, -0.1) is 0 Å². The molecule has 0 radical (unpaired) electrons. The summed E-state index contributed by atoms with van der Waals surface area (Å²) >= 11 is 0. The zero-order valence-electron chi connectivity index (χ0n) is 14.4. The number of likely N-dealkylation sites (tertiary alicyclic amines) is 1. The quantitative estimate of drug-likeness (QED) is 0.856. The maximum Gasteiger partial charge on any atom is 0.240 e. The molecule has 0 spiro atoms. The molecule has 23 heavy (non-hydrogen) atoms. The van der Waals surface area contributed by atoms with Gasteiger partial charge < -0.3 is 9.47 Å². The third-order valence-electron chi connectivity index (χ3n) is 6.14. The van der Waals surface area contributed by atoms with Crippen LogP contribution in [0.25, 0.3) is 0 Å². The Kier molecular flexibility index (Phi) is 3.92. The van der Waals surface area contributed by atoms with Crippen molar-refractivity contribution in [3.63, 3.8) is 0 Å². The largest absolute Gasteiger partial charge is 0.338 e. The molecular weight excluding hydrogens is 288 g/mol. The summed E-state index contributed by atoms with van der Waals surface area (Å²) < 4.78 is 2.29. The van der Waals surface area contributed by atoms with Crippen LogP contribution >= 0.6 is 0 Å². The van der Waals surface area contributed by atoms with Crippen LogP contribution in [0.5, 0.6) is 0 Å². The summed E-state index contributed by atoms with van der Waals surface area (Å²) in [7, 11) is 0. The molecule has 0 aromatic carbocycles. The molecule has 1 aromatic rings. The van der Waals surface area contributed by atoms with Crippen molar-refractivity contribution in [1.82, 2.24) is 19.4 Å². The van der Waals surface area contributed by atoms with Crippen LogP contribution in [-0.2, 0) is 17.9 Å². The monoisotopic (exact) mass is 316 g/mol. The molecule has 2 aliphatic heterocycles. The van der Waals surface area contributed by atoms with Gasteiger partial charge in [0.05, 0.1) is 18.3 Å². The average molecular weight is 316 g/mol. The minimum absolute atomic E-state index is 0.0908. The van der Waals surface area contributed by atoms with E-state index in [1.165, 1.54) is 25.0 Å². The van der Waals surface area contributed by atoms with Crippen LogP contribution in [0.15, 0.2) is 6.20 Å². The van der Waals surface area contributed by atoms with Crippen LogP contribution in [0.3, 0.4) is 0 Å². The summed E-state index contributed by atoms with van der Waals surface area (Å²) in [5.41, 5.74) is 1.21. The Bertz CT molecular complexity index is 592. The van der Waals surface area contributed by atoms with Gasteiger partial charge in [-0.25, -0.2) is 4.98 Å². The van der Waals surface area contributed by atoms with E-state index in [1.807, 2.05) is 0 Å². The number of rotatable bonds is 4. The highest BCUT2D eigenvalue weighted by Crippen LogP contribution is 2.31. The molecule has 1 saturated heterocycles. The van der Waals surface area contributed by atoms with Gasteiger partial charge in [0.15, 0.2) is 0 Å². The molecular formula is C18H28N4O. The van der Waals surface area contributed by atoms with Crippen molar-refractivity contribution < 1.29 is 4.79 Å². The topological polar surface area (TPSA) is 41.4 Å². The van der Waals surface area contributed by atoms with Crippen LogP contribution < -0.4 is 0 Å². The van der Waals surface area contributed by atoms with Crippen LogP contribution in [-0.4, -0.2) is 50.4 Å². The van der Waals surface area contributed by atoms with Crippen LogP contribution in [0.2, 0.25) is 0 Å². The highest BCUT2D eigenvalue weighted by atomic mass is 16.2. The lowest BCUT2D eigenvalue weighted by Gasteiger charge is -2.36. The van der Waals surface area contributed by atoms with Gasteiger partial charge in [0.1, 0.15) is 5.82 Å². The number of hydrogen-bond acceptors (Lipinski definition) is 3. The zero-order chi connectivity index (χ0) is 16.0. The van der Waals surface area contributed by atoms with E-state index < -0.39 is 0 Å². The van der Waals surface area contributed by atoms with Gasteiger partial charge in [0, 0.05) is 31.9 Å². The Hall–Kier alpha value is -1.36. The lowest BCUT2D eigenvalue weighted by molar-refractivity contribution is -0.135. The predicted octanol–water partition coefficient (Wildman–Crippen LogP) is 2.37. The fourth-order valence-corrected chi connectivity index (χ4v) is 4.09. The van der Waals surface area contributed by atoms with E-state index in [1.54, 1.807) is 0 Å². The first-order chi connectivity index (χ1) is 11.2. The van der Waals surface area contributed by atoms with Crippen LogP contribution in [0.4, 0.5) is 0 Å². The third kappa shape index (κ3) is 2.59. The Labute approximate surface area is 138 Å². The fraction of sp³-hybridized carbons (Fsp3) is 0.778. The summed E-state index contributed by atoms with van der Waals surface area (Å²) in [6.45, 7) is 8.16.